The maximum absolute atomic E-state index is 11.0. The van der Waals surface area contributed by atoms with Crippen LogP contribution in [0.2, 0.25) is 0 Å². The average molecular weight is 342 g/mol. The second-order valence-corrected chi connectivity index (χ2v) is 5.63. The first-order valence-corrected chi connectivity index (χ1v) is 8.52. The minimum atomic E-state index is -0.722. The highest BCUT2D eigenvalue weighted by molar-refractivity contribution is 5.69. The second-order valence-electron chi connectivity index (χ2n) is 5.63. The lowest BCUT2D eigenvalue weighted by Gasteiger charge is -2.07. The van der Waals surface area contributed by atoms with Crippen LogP contribution in [0.15, 0.2) is 24.3 Å². The molecule has 6 nitrogen and oxygen atoms in total. The molecule has 24 heavy (non-hydrogen) atoms. The van der Waals surface area contributed by atoms with Crippen LogP contribution in [0.1, 0.15) is 64.2 Å². The van der Waals surface area contributed by atoms with E-state index in [4.69, 9.17) is 10.4 Å². The Morgan fingerprint density at radius 2 is 1.71 bits per heavy atom. The van der Waals surface area contributed by atoms with Gasteiger partial charge in [0.2, 0.25) is 0 Å². The Bertz CT molecular complexity index is 389. The van der Waals surface area contributed by atoms with Crippen LogP contribution in [-0.2, 0) is 19.2 Å². The fraction of sp³-hybridized carbons (Fsp3) is 0.667. The monoisotopic (exact) mass is 342 g/mol. The zero-order chi connectivity index (χ0) is 18.0. The quantitative estimate of drug-likeness (QED) is 0.153. The van der Waals surface area contributed by atoms with E-state index in [0.29, 0.717) is 19.3 Å². The normalized spacial score (nSPS) is 12.8. The molecule has 0 bridgehead atoms. The fourth-order valence-electron chi connectivity index (χ4n) is 2.17. The molecule has 0 saturated heterocycles. The molecule has 138 valence electrons. The summed E-state index contributed by atoms with van der Waals surface area (Å²) >= 11 is 0. The van der Waals surface area contributed by atoms with Crippen molar-refractivity contribution in [3.63, 3.8) is 0 Å². The molecular weight excluding hydrogens is 312 g/mol. The van der Waals surface area contributed by atoms with E-state index in [-0.39, 0.29) is 12.4 Å². The third kappa shape index (κ3) is 15.2. The molecular formula is C18H30O6. The summed E-state index contributed by atoms with van der Waals surface area (Å²) in [6.07, 6.45) is 14.8. The number of rotatable bonds is 15. The Balaban J connectivity index is 3.63. The maximum Gasteiger partial charge on any atom is 0.305 e. The van der Waals surface area contributed by atoms with Gasteiger partial charge in [-0.2, -0.15) is 0 Å². The average Bonchev–Trinajstić information content (AvgIpc) is 2.57. The van der Waals surface area contributed by atoms with Gasteiger partial charge < -0.3 is 9.84 Å². The number of unbranched alkanes of at least 4 members (excludes halogenated alkanes) is 5. The Hall–Kier alpha value is -1.66. The molecule has 0 aliphatic carbocycles. The zero-order valence-corrected chi connectivity index (χ0v) is 14.5. The highest BCUT2D eigenvalue weighted by Gasteiger charge is 2.06. The molecule has 0 radical (unpaired) electrons. The molecule has 0 aromatic heterocycles. The molecule has 0 aromatic rings. The largest absolute Gasteiger partial charge is 0.481 e. The standard InChI is InChI=1S/C18H30O6/c1-23-18(21)15-11-13-16(24-22)12-9-7-5-3-2-4-6-8-10-14-17(19)20/h5,7,9,12,16,22H,2-4,6,8,10-11,13-15H2,1H3,(H,19,20)/b7-5-,12-9+/t16-/m1/s1. The fourth-order valence-corrected chi connectivity index (χ4v) is 2.17. The van der Waals surface area contributed by atoms with Crippen LogP contribution in [0.5, 0.6) is 0 Å². The Morgan fingerprint density at radius 3 is 2.38 bits per heavy atom. The van der Waals surface area contributed by atoms with Crippen molar-refractivity contribution in [3.8, 4) is 0 Å². The number of aliphatic carboxylic acids is 1. The van der Waals surface area contributed by atoms with Crippen LogP contribution in [-0.4, -0.2) is 35.5 Å². The third-order valence-electron chi connectivity index (χ3n) is 3.57. The van der Waals surface area contributed by atoms with E-state index in [0.717, 1.165) is 38.5 Å². The summed E-state index contributed by atoms with van der Waals surface area (Å²) in [5, 5.41) is 17.3. The van der Waals surface area contributed by atoms with Gasteiger partial charge in [-0.1, -0.05) is 43.6 Å². The lowest BCUT2D eigenvalue weighted by molar-refractivity contribution is -0.267. The lowest BCUT2D eigenvalue weighted by Crippen LogP contribution is -2.08. The minimum absolute atomic E-state index is 0.262. The van der Waals surface area contributed by atoms with Crippen LogP contribution >= 0.6 is 0 Å². The SMILES string of the molecule is COC(=O)CCC[C@@H](/C=C/C=C\CCCCCCCC(=O)O)OO. The van der Waals surface area contributed by atoms with Gasteiger partial charge in [0.1, 0.15) is 6.10 Å². The highest BCUT2D eigenvalue weighted by Crippen LogP contribution is 2.08. The molecule has 0 heterocycles. The molecule has 0 rings (SSSR count). The van der Waals surface area contributed by atoms with Crippen molar-refractivity contribution in [2.24, 2.45) is 0 Å². The van der Waals surface area contributed by atoms with Crippen molar-refractivity contribution in [1.29, 1.82) is 0 Å². The topological polar surface area (TPSA) is 93.1 Å². The van der Waals surface area contributed by atoms with Crippen molar-refractivity contribution < 1.29 is 29.6 Å². The number of carbonyl (C=O) groups excluding carboxylic acids is 1. The summed E-state index contributed by atoms with van der Waals surface area (Å²) in [5.41, 5.74) is 0. The van der Waals surface area contributed by atoms with Gasteiger partial charge in [-0.15, -0.1) is 0 Å². The highest BCUT2D eigenvalue weighted by atomic mass is 17.1. The molecule has 0 aliphatic rings. The van der Waals surface area contributed by atoms with Crippen LogP contribution in [0, 0.1) is 0 Å². The first-order chi connectivity index (χ1) is 11.6. The number of esters is 1. The Labute approximate surface area is 144 Å². The van der Waals surface area contributed by atoms with E-state index in [1.165, 1.54) is 7.11 Å². The first-order valence-electron chi connectivity index (χ1n) is 8.52. The number of hydrogen-bond acceptors (Lipinski definition) is 5. The van der Waals surface area contributed by atoms with E-state index in [1.807, 2.05) is 12.2 Å². The van der Waals surface area contributed by atoms with Gasteiger partial charge >= 0.3 is 11.9 Å². The molecule has 0 saturated carbocycles. The number of carboxylic acids is 1. The number of carboxylic acid groups (broad SMARTS) is 1. The molecule has 0 amide bonds. The predicted octanol–water partition coefficient (Wildman–Crippen LogP) is 4.12. The van der Waals surface area contributed by atoms with Crippen molar-refractivity contribution in [2.75, 3.05) is 7.11 Å². The number of carbonyl (C=O) groups is 2. The lowest BCUT2D eigenvalue weighted by atomic mass is 10.1. The molecule has 2 N–H and O–H groups in total. The van der Waals surface area contributed by atoms with Gasteiger partial charge in [0.25, 0.3) is 0 Å². The Kier molecular flexibility index (Phi) is 15.1. The summed E-state index contributed by atoms with van der Waals surface area (Å²) < 4.78 is 4.55. The molecule has 0 aliphatic heterocycles. The number of methoxy groups -OCH3 is 1. The first kappa shape index (κ1) is 22.3. The zero-order valence-electron chi connectivity index (χ0n) is 14.5. The van der Waals surface area contributed by atoms with Crippen molar-refractivity contribution in [3.05, 3.63) is 24.3 Å². The number of ether oxygens (including phenoxy) is 1. The number of allylic oxidation sites excluding steroid dienone is 3. The van der Waals surface area contributed by atoms with Crippen molar-refractivity contribution in [2.45, 2.75) is 70.3 Å². The summed E-state index contributed by atoms with van der Waals surface area (Å²) in [5.74, 6) is -0.987. The van der Waals surface area contributed by atoms with Crippen LogP contribution < -0.4 is 0 Å². The second kappa shape index (κ2) is 16.2. The van der Waals surface area contributed by atoms with Gasteiger partial charge in [0.15, 0.2) is 0 Å². The van der Waals surface area contributed by atoms with Gasteiger partial charge in [0, 0.05) is 12.8 Å². The van der Waals surface area contributed by atoms with E-state index < -0.39 is 12.1 Å². The smallest absolute Gasteiger partial charge is 0.305 e. The van der Waals surface area contributed by atoms with Crippen LogP contribution in [0.25, 0.3) is 0 Å². The van der Waals surface area contributed by atoms with E-state index in [2.05, 4.69) is 15.7 Å². The Morgan fingerprint density at radius 1 is 1.00 bits per heavy atom. The predicted molar refractivity (Wildman–Crippen MR) is 91.6 cm³/mol. The van der Waals surface area contributed by atoms with Gasteiger partial charge in [0.05, 0.1) is 7.11 Å². The van der Waals surface area contributed by atoms with E-state index in [9.17, 15) is 9.59 Å². The maximum atomic E-state index is 11.0. The number of hydrogen-bond donors (Lipinski definition) is 2. The van der Waals surface area contributed by atoms with Crippen LogP contribution in [0.4, 0.5) is 0 Å². The van der Waals surface area contributed by atoms with Crippen molar-refractivity contribution >= 4 is 11.9 Å². The van der Waals surface area contributed by atoms with E-state index >= 15 is 0 Å². The minimum Gasteiger partial charge on any atom is -0.481 e. The molecule has 0 aromatic carbocycles. The molecule has 0 fully saturated rings. The molecule has 0 unspecified atom stereocenters. The third-order valence-corrected chi connectivity index (χ3v) is 3.57. The molecule has 0 spiro atoms. The molecule has 6 heteroatoms. The van der Waals surface area contributed by atoms with E-state index in [1.54, 1.807) is 6.08 Å². The summed E-state index contributed by atoms with van der Waals surface area (Å²) in [7, 11) is 1.35. The van der Waals surface area contributed by atoms with Crippen molar-refractivity contribution in [1.82, 2.24) is 0 Å². The van der Waals surface area contributed by atoms with Crippen LogP contribution in [0.3, 0.4) is 0 Å². The van der Waals surface area contributed by atoms with Gasteiger partial charge in [-0.05, 0) is 32.1 Å². The van der Waals surface area contributed by atoms with Gasteiger partial charge in [-0.25, -0.2) is 4.89 Å². The summed E-state index contributed by atoms with van der Waals surface area (Å²) in [4.78, 5) is 25.7. The summed E-state index contributed by atoms with van der Waals surface area (Å²) in [6, 6.07) is 0. The molecule has 1 atom stereocenters. The summed E-state index contributed by atoms with van der Waals surface area (Å²) in [6.45, 7) is 0. The van der Waals surface area contributed by atoms with Gasteiger partial charge in [-0.3, -0.25) is 14.8 Å².